The molecule has 138 valence electrons. The molecule has 0 radical (unpaired) electrons. The number of esters is 1. The Labute approximate surface area is 145 Å². The minimum Gasteiger partial charge on any atom is -0.466 e. The van der Waals surface area contributed by atoms with E-state index in [0.29, 0.717) is 51.9 Å². The van der Waals surface area contributed by atoms with Gasteiger partial charge in [-0.25, -0.2) is 0 Å². The highest BCUT2D eigenvalue weighted by atomic mass is 16.5. The first kappa shape index (κ1) is 20.5. The largest absolute Gasteiger partial charge is 0.466 e. The molecule has 24 heavy (non-hydrogen) atoms. The van der Waals surface area contributed by atoms with E-state index in [1.165, 1.54) is 0 Å². The molecule has 0 saturated carbocycles. The maximum Gasteiger partial charge on any atom is 0.309 e. The predicted molar refractivity (Wildman–Crippen MR) is 92.3 cm³/mol. The molecule has 0 aliphatic carbocycles. The van der Waals surface area contributed by atoms with Crippen molar-refractivity contribution in [2.24, 2.45) is 5.92 Å². The van der Waals surface area contributed by atoms with Gasteiger partial charge in [0.25, 0.3) is 0 Å². The van der Waals surface area contributed by atoms with Gasteiger partial charge < -0.3 is 14.5 Å². The van der Waals surface area contributed by atoms with Crippen molar-refractivity contribution in [1.29, 1.82) is 0 Å². The van der Waals surface area contributed by atoms with Crippen molar-refractivity contribution in [3.05, 3.63) is 0 Å². The number of carbonyl (C=O) groups is 3. The van der Waals surface area contributed by atoms with Gasteiger partial charge in [0.05, 0.1) is 12.5 Å². The van der Waals surface area contributed by atoms with E-state index in [1.54, 1.807) is 11.8 Å². The van der Waals surface area contributed by atoms with Crippen LogP contribution in [0.3, 0.4) is 0 Å². The standard InChI is InChI=1S/C18H32N2O4/c1-5-14(4)20(16(21)6-2)13-10-17(22)19-11-8-15(9-12-19)18(23)24-7-3/h14-15H,5-13H2,1-4H3. The molecule has 2 amide bonds. The number of nitrogens with zero attached hydrogens (tertiary/aromatic N) is 2. The first-order valence-electron chi connectivity index (χ1n) is 9.18. The minimum absolute atomic E-state index is 0.0644. The number of hydrogen-bond acceptors (Lipinski definition) is 4. The summed E-state index contributed by atoms with van der Waals surface area (Å²) < 4.78 is 5.05. The molecule has 1 unspecified atom stereocenters. The first-order chi connectivity index (χ1) is 11.4. The van der Waals surface area contributed by atoms with Crippen LogP contribution >= 0.6 is 0 Å². The summed E-state index contributed by atoms with van der Waals surface area (Å²) in [5.74, 6) is -0.0824. The Hall–Kier alpha value is -1.59. The van der Waals surface area contributed by atoms with Crippen LogP contribution in [-0.2, 0) is 19.1 Å². The number of piperidine rings is 1. The van der Waals surface area contributed by atoms with Crippen LogP contribution in [-0.4, -0.2) is 59.9 Å². The number of likely N-dealkylation sites (tertiary alicyclic amines) is 1. The van der Waals surface area contributed by atoms with E-state index in [9.17, 15) is 14.4 Å². The molecule has 0 aromatic heterocycles. The van der Waals surface area contributed by atoms with Crippen molar-refractivity contribution in [3.63, 3.8) is 0 Å². The van der Waals surface area contributed by atoms with Crippen LogP contribution in [0, 0.1) is 5.92 Å². The SMILES string of the molecule is CCOC(=O)C1CCN(C(=O)CCN(C(=O)CC)C(C)CC)CC1. The van der Waals surface area contributed by atoms with Crippen molar-refractivity contribution in [2.45, 2.75) is 65.8 Å². The zero-order chi connectivity index (χ0) is 18.1. The Kier molecular flexibility index (Phi) is 8.79. The third-order valence-electron chi connectivity index (χ3n) is 4.78. The summed E-state index contributed by atoms with van der Waals surface area (Å²) in [6.45, 7) is 9.76. The number of carbonyl (C=O) groups excluding carboxylic acids is 3. The van der Waals surface area contributed by atoms with Gasteiger partial charge in [-0.3, -0.25) is 14.4 Å². The molecule has 1 fully saturated rings. The van der Waals surface area contributed by atoms with Crippen LogP contribution in [0.15, 0.2) is 0 Å². The first-order valence-corrected chi connectivity index (χ1v) is 9.18. The third kappa shape index (κ3) is 5.80. The summed E-state index contributed by atoms with van der Waals surface area (Å²) in [5.41, 5.74) is 0. The summed E-state index contributed by atoms with van der Waals surface area (Å²) in [7, 11) is 0. The Morgan fingerprint density at radius 1 is 1.17 bits per heavy atom. The Bertz CT molecular complexity index is 431. The molecule has 1 aliphatic rings. The van der Waals surface area contributed by atoms with Crippen molar-refractivity contribution in [1.82, 2.24) is 9.80 Å². The van der Waals surface area contributed by atoms with Crippen LogP contribution in [0.5, 0.6) is 0 Å². The minimum atomic E-state index is -0.152. The van der Waals surface area contributed by atoms with E-state index in [4.69, 9.17) is 4.74 Å². The topological polar surface area (TPSA) is 66.9 Å². The monoisotopic (exact) mass is 340 g/mol. The average molecular weight is 340 g/mol. The Morgan fingerprint density at radius 3 is 2.29 bits per heavy atom. The molecule has 0 aromatic carbocycles. The highest BCUT2D eigenvalue weighted by Gasteiger charge is 2.28. The Balaban J connectivity index is 2.45. The fraction of sp³-hybridized carbons (Fsp3) is 0.833. The van der Waals surface area contributed by atoms with Gasteiger partial charge in [0.15, 0.2) is 0 Å². The molecule has 0 N–H and O–H groups in total. The second kappa shape index (κ2) is 10.3. The smallest absolute Gasteiger partial charge is 0.309 e. The summed E-state index contributed by atoms with van der Waals surface area (Å²) in [5, 5.41) is 0. The maximum absolute atomic E-state index is 12.4. The molecular formula is C18H32N2O4. The van der Waals surface area contributed by atoms with Crippen LogP contribution < -0.4 is 0 Å². The molecule has 0 bridgehead atoms. The number of hydrogen-bond donors (Lipinski definition) is 0. The molecule has 0 aromatic rings. The van der Waals surface area contributed by atoms with Crippen molar-refractivity contribution >= 4 is 17.8 Å². The van der Waals surface area contributed by atoms with Crippen LogP contribution in [0.4, 0.5) is 0 Å². The predicted octanol–water partition coefficient (Wildman–Crippen LogP) is 2.22. The summed E-state index contributed by atoms with van der Waals surface area (Å²) >= 11 is 0. The second-order valence-electron chi connectivity index (χ2n) is 6.36. The lowest BCUT2D eigenvalue weighted by molar-refractivity contribution is -0.151. The average Bonchev–Trinajstić information content (AvgIpc) is 2.61. The molecule has 0 spiro atoms. The van der Waals surface area contributed by atoms with E-state index < -0.39 is 0 Å². The molecule has 1 rings (SSSR count). The van der Waals surface area contributed by atoms with Gasteiger partial charge in [0, 0.05) is 38.5 Å². The van der Waals surface area contributed by atoms with Crippen molar-refractivity contribution < 1.29 is 19.1 Å². The van der Waals surface area contributed by atoms with Crippen LogP contribution in [0.25, 0.3) is 0 Å². The van der Waals surface area contributed by atoms with Gasteiger partial charge in [-0.15, -0.1) is 0 Å². The van der Waals surface area contributed by atoms with Gasteiger partial charge in [0.1, 0.15) is 0 Å². The van der Waals surface area contributed by atoms with Crippen LogP contribution in [0.2, 0.25) is 0 Å². The van der Waals surface area contributed by atoms with E-state index in [-0.39, 0.29) is 29.7 Å². The van der Waals surface area contributed by atoms with Gasteiger partial charge >= 0.3 is 5.97 Å². The van der Waals surface area contributed by atoms with E-state index in [0.717, 1.165) is 6.42 Å². The fourth-order valence-electron chi connectivity index (χ4n) is 3.01. The van der Waals surface area contributed by atoms with E-state index in [1.807, 2.05) is 25.7 Å². The molecule has 1 heterocycles. The zero-order valence-corrected chi connectivity index (χ0v) is 15.5. The normalized spacial score (nSPS) is 16.6. The molecule has 6 nitrogen and oxygen atoms in total. The summed E-state index contributed by atoms with van der Waals surface area (Å²) in [6.07, 6.45) is 3.01. The van der Waals surface area contributed by atoms with Gasteiger partial charge in [-0.05, 0) is 33.1 Å². The summed E-state index contributed by atoms with van der Waals surface area (Å²) in [6, 6.07) is 0.153. The number of amides is 2. The van der Waals surface area contributed by atoms with Crippen molar-refractivity contribution in [3.8, 4) is 0 Å². The quantitative estimate of drug-likeness (QED) is 0.636. The second-order valence-corrected chi connectivity index (χ2v) is 6.36. The van der Waals surface area contributed by atoms with Gasteiger partial charge in [0.2, 0.25) is 11.8 Å². The lowest BCUT2D eigenvalue weighted by Gasteiger charge is -2.33. The Morgan fingerprint density at radius 2 is 1.79 bits per heavy atom. The number of ether oxygens (including phenoxy) is 1. The lowest BCUT2D eigenvalue weighted by atomic mass is 9.97. The zero-order valence-electron chi connectivity index (χ0n) is 15.5. The van der Waals surface area contributed by atoms with Gasteiger partial charge in [-0.1, -0.05) is 13.8 Å². The summed E-state index contributed by atoms with van der Waals surface area (Å²) in [4.78, 5) is 39.8. The van der Waals surface area contributed by atoms with E-state index in [2.05, 4.69) is 0 Å². The fourth-order valence-corrected chi connectivity index (χ4v) is 3.01. The highest BCUT2D eigenvalue weighted by Crippen LogP contribution is 2.19. The molecule has 6 heteroatoms. The molecule has 1 aliphatic heterocycles. The molecule has 1 atom stereocenters. The lowest BCUT2D eigenvalue weighted by Crippen LogP contribution is -2.44. The maximum atomic E-state index is 12.4. The molecular weight excluding hydrogens is 308 g/mol. The van der Waals surface area contributed by atoms with Crippen LogP contribution in [0.1, 0.15) is 59.8 Å². The highest BCUT2D eigenvalue weighted by molar-refractivity contribution is 5.79. The number of rotatable bonds is 8. The van der Waals surface area contributed by atoms with E-state index >= 15 is 0 Å². The van der Waals surface area contributed by atoms with Crippen molar-refractivity contribution in [2.75, 3.05) is 26.2 Å². The molecule has 1 saturated heterocycles. The third-order valence-corrected chi connectivity index (χ3v) is 4.78. The van der Waals surface area contributed by atoms with Gasteiger partial charge in [-0.2, -0.15) is 0 Å².